The predicted octanol–water partition coefficient (Wildman–Crippen LogP) is 8.84. The van der Waals surface area contributed by atoms with Crippen molar-refractivity contribution in [3.63, 3.8) is 0 Å². The van der Waals surface area contributed by atoms with E-state index in [0.717, 1.165) is 16.0 Å². The van der Waals surface area contributed by atoms with E-state index in [4.69, 9.17) is 21.1 Å². The van der Waals surface area contributed by atoms with Gasteiger partial charge in [-0.25, -0.2) is 29.3 Å². The minimum absolute atomic E-state index is 0.119. The lowest BCUT2D eigenvalue weighted by atomic mass is 10.1. The maximum absolute atomic E-state index is 13.4. The van der Waals surface area contributed by atoms with Crippen molar-refractivity contribution in [1.82, 2.24) is 24.9 Å². The van der Waals surface area contributed by atoms with Gasteiger partial charge in [0, 0.05) is 29.6 Å². The van der Waals surface area contributed by atoms with Gasteiger partial charge >= 0.3 is 0 Å². The summed E-state index contributed by atoms with van der Waals surface area (Å²) in [7, 11) is 0. The van der Waals surface area contributed by atoms with Crippen LogP contribution in [-0.2, 0) is 6.61 Å². The van der Waals surface area contributed by atoms with Gasteiger partial charge in [0.25, 0.3) is 11.8 Å². The zero-order valence-electron chi connectivity index (χ0n) is 27.9. The lowest BCUT2D eigenvalue weighted by molar-refractivity contribution is 0.101. The number of aromatic hydroxyl groups is 2. The first kappa shape index (κ1) is 35.3. The number of halogens is 2. The summed E-state index contributed by atoms with van der Waals surface area (Å²) in [4.78, 5) is 47.5. The van der Waals surface area contributed by atoms with Crippen molar-refractivity contribution in [3.05, 3.63) is 131 Å². The first-order chi connectivity index (χ1) is 26.6. The standard InChI is InChI=1S/C38H23ClFN7O6S2/c39-25-15-22(40)6-3-20(25)18-52-24-9-10-26-30(16-24)54-37(43-26)46-35(51)33-29(49)14-21(17-42-33)19-4-7-23(8-5-19)53-31-12-11-27-36(45-31)55-38(44-27)47-34(50)32-28(48)2-1-13-41-32/h1-17,48-49H,18H2,(H,43,46,51)(H,44,47,50). The molecule has 272 valence electrons. The number of nitrogens with zero attached hydrogens (tertiary/aromatic N) is 5. The summed E-state index contributed by atoms with van der Waals surface area (Å²) < 4.78 is 25.9. The van der Waals surface area contributed by atoms with Gasteiger partial charge in [0.2, 0.25) is 5.88 Å². The third-order valence-corrected chi connectivity index (χ3v) is 10.1. The van der Waals surface area contributed by atoms with E-state index in [1.165, 1.54) is 54.1 Å². The van der Waals surface area contributed by atoms with E-state index in [9.17, 15) is 24.2 Å². The average Bonchev–Trinajstić information content (AvgIpc) is 3.77. The maximum Gasteiger partial charge on any atom is 0.279 e. The number of aromatic nitrogens is 5. The molecule has 4 N–H and O–H groups in total. The summed E-state index contributed by atoms with van der Waals surface area (Å²) in [5, 5.41) is 26.8. The van der Waals surface area contributed by atoms with Crippen LogP contribution in [0.15, 0.2) is 103 Å². The zero-order chi connectivity index (χ0) is 38.1. The lowest BCUT2D eigenvalue weighted by Crippen LogP contribution is -2.13. The molecule has 5 heterocycles. The highest BCUT2D eigenvalue weighted by Crippen LogP contribution is 2.33. The van der Waals surface area contributed by atoms with Crippen LogP contribution >= 0.6 is 34.3 Å². The van der Waals surface area contributed by atoms with E-state index < -0.39 is 17.6 Å². The Morgan fingerprint density at radius 3 is 2.24 bits per heavy atom. The van der Waals surface area contributed by atoms with Crippen molar-refractivity contribution in [2.45, 2.75) is 6.61 Å². The van der Waals surface area contributed by atoms with Gasteiger partial charge in [-0.3, -0.25) is 20.2 Å². The highest BCUT2D eigenvalue weighted by Gasteiger charge is 2.18. The first-order valence-electron chi connectivity index (χ1n) is 16.1. The van der Waals surface area contributed by atoms with E-state index in [2.05, 4.69) is 35.6 Å². The summed E-state index contributed by atoms with van der Waals surface area (Å²) in [5.41, 5.74) is 2.79. The first-order valence-corrected chi connectivity index (χ1v) is 18.2. The number of fused-ring (bicyclic) bond motifs is 2. The summed E-state index contributed by atoms with van der Waals surface area (Å²) in [5.74, 6) is -0.904. The fourth-order valence-electron chi connectivity index (χ4n) is 5.26. The largest absolute Gasteiger partial charge is 0.505 e. The number of thiazole rings is 2. The molecular weight excluding hydrogens is 769 g/mol. The molecule has 0 bridgehead atoms. The minimum Gasteiger partial charge on any atom is -0.505 e. The third kappa shape index (κ3) is 7.82. The van der Waals surface area contributed by atoms with Crippen LogP contribution in [0.4, 0.5) is 14.7 Å². The van der Waals surface area contributed by atoms with E-state index >= 15 is 0 Å². The number of amides is 2. The molecule has 2 amide bonds. The van der Waals surface area contributed by atoms with E-state index in [1.807, 2.05) is 0 Å². The fraction of sp³-hybridized carbons (Fsp3) is 0.0263. The van der Waals surface area contributed by atoms with Crippen LogP contribution in [0, 0.1) is 5.82 Å². The molecule has 0 unspecified atom stereocenters. The van der Waals surface area contributed by atoms with Gasteiger partial charge in [-0.1, -0.05) is 52.5 Å². The molecule has 0 saturated heterocycles. The Balaban J connectivity index is 0.890. The molecule has 8 rings (SSSR count). The third-order valence-electron chi connectivity index (χ3n) is 7.93. The van der Waals surface area contributed by atoms with E-state index in [-0.39, 0.29) is 39.6 Å². The number of ether oxygens (including phenoxy) is 2. The molecule has 0 aliphatic heterocycles. The molecule has 0 saturated carbocycles. The number of carbonyl (C=O) groups is 2. The smallest absolute Gasteiger partial charge is 0.279 e. The number of pyridine rings is 3. The van der Waals surface area contributed by atoms with E-state index in [0.29, 0.717) is 55.1 Å². The van der Waals surface area contributed by atoms with Crippen molar-refractivity contribution < 1.29 is 33.7 Å². The molecule has 3 aromatic carbocycles. The molecule has 13 nitrogen and oxygen atoms in total. The van der Waals surface area contributed by atoms with Crippen LogP contribution in [-0.4, -0.2) is 46.9 Å². The minimum atomic E-state index is -0.637. The monoisotopic (exact) mass is 791 g/mol. The Hall–Kier alpha value is -6.75. The topological polar surface area (TPSA) is 182 Å². The Labute approximate surface area is 322 Å². The predicted molar refractivity (Wildman–Crippen MR) is 206 cm³/mol. The van der Waals surface area contributed by atoms with E-state index in [1.54, 1.807) is 60.7 Å². The molecule has 0 spiro atoms. The van der Waals surface area contributed by atoms with Gasteiger partial charge in [0.15, 0.2) is 21.7 Å². The molecule has 0 aliphatic carbocycles. The number of hydrogen-bond acceptors (Lipinski definition) is 13. The molecule has 0 atom stereocenters. The van der Waals surface area contributed by atoms with Crippen LogP contribution in [0.25, 0.3) is 31.7 Å². The molecule has 0 fully saturated rings. The van der Waals surface area contributed by atoms with Crippen molar-refractivity contribution in [2.75, 3.05) is 10.6 Å². The highest BCUT2D eigenvalue weighted by atomic mass is 35.5. The van der Waals surface area contributed by atoms with Crippen LogP contribution in [0.5, 0.6) is 28.9 Å². The number of benzene rings is 3. The van der Waals surface area contributed by atoms with Gasteiger partial charge in [-0.15, -0.1) is 0 Å². The van der Waals surface area contributed by atoms with Crippen molar-refractivity contribution in [1.29, 1.82) is 0 Å². The van der Waals surface area contributed by atoms with Gasteiger partial charge in [-0.05, 0) is 72.3 Å². The second-order valence-electron chi connectivity index (χ2n) is 11.7. The second-order valence-corrected chi connectivity index (χ2v) is 14.1. The number of carbonyl (C=O) groups excluding carboxylic acids is 2. The van der Waals surface area contributed by atoms with Crippen molar-refractivity contribution >= 4 is 76.9 Å². The number of anilines is 2. The zero-order valence-corrected chi connectivity index (χ0v) is 30.2. The van der Waals surface area contributed by atoms with Gasteiger partial charge in [-0.2, -0.15) is 0 Å². The quantitative estimate of drug-likeness (QED) is 0.104. The summed E-state index contributed by atoms with van der Waals surface area (Å²) in [6, 6.07) is 24.0. The van der Waals surface area contributed by atoms with Crippen LogP contribution in [0.3, 0.4) is 0 Å². The van der Waals surface area contributed by atoms with Gasteiger partial charge in [0.05, 0.1) is 15.2 Å². The van der Waals surface area contributed by atoms with Crippen molar-refractivity contribution in [2.24, 2.45) is 0 Å². The summed E-state index contributed by atoms with van der Waals surface area (Å²) in [6.45, 7) is 0.141. The normalized spacial score (nSPS) is 11.1. The highest BCUT2D eigenvalue weighted by molar-refractivity contribution is 7.22. The van der Waals surface area contributed by atoms with Gasteiger partial charge < -0.3 is 19.7 Å². The molecule has 0 aliphatic rings. The SMILES string of the molecule is O=C(Nc1nc2ccc(OCc3ccc(F)cc3Cl)cc2s1)c1ncc(-c2ccc(Oc3ccc4nc(NC(=O)c5ncccc5O)sc4n3)cc2)cc1O. The Bertz CT molecular complexity index is 2760. The molecule has 0 radical (unpaired) electrons. The fourth-order valence-corrected chi connectivity index (χ4v) is 7.20. The summed E-state index contributed by atoms with van der Waals surface area (Å²) >= 11 is 8.46. The molecule has 5 aromatic heterocycles. The molecular formula is C38H23ClFN7O6S2. The number of hydrogen-bond donors (Lipinski definition) is 4. The van der Waals surface area contributed by atoms with Crippen LogP contribution in [0.2, 0.25) is 5.02 Å². The molecule has 8 aromatic rings. The Morgan fingerprint density at radius 2 is 1.47 bits per heavy atom. The van der Waals surface area contributed by atoms with Gasteiger partial charge in [0.1, 0.15) is 45.8 Å². The van der Waals surface area contributed by atoms with Crippen molar-refractivity contribution in [3.8, 4) is 40.0 Å². The molecule has 55 heavy (non-hydrogen) atoms. The van der Waals surface area contributed by atoms with Crippen LogP contribution < -0.4 is 20.1 Å². The maximum atomic E-state index is 13.4. The molecule has 17 heteroatoms. The second kappa shape index (κ2) is 14.9. The number of rotatable bonds is 10. The summed E-state index contributed by atoms with van der Waals surface area (Å²) in [6.07, 6.45) is 2.88. The Morgan fingerprint density at radius 1 is 0.745 bits per heavy atom. The van der Waals surface area contributed by atoms with Crippen LogP contribution in [0.1, 0.15) is 26.5 Å². The average molecular weight is 792 g/mol. The number of nitrogens with one attached hydrogen (secondary N) is 2. The lowest BCUT2D eigenvalue weighted by Gasteiger charge is -2.08. The Kier molecular flexibility index (Phi) is 9.59.